The molecule has 0 radical (unpaired) electrons. The van der Waals surface area contributed by atoms with Crippen LogP contribution in [0, 0.1) is 5.92 Å². The molecule has 0 aromatic rings. The highest BCUT2D eigenvalue weighted by atomic mass is 16.5. The predicted molar refractivity (Wildman–Crippen MR) is 53.8 cm³/mol. The van der Waals surface area contributed by atoms with Crippen molar-refractivity contribution in [2.75, 3.05) is 13.7 Å². The molecule has 0 aromatic heterocycles. The van der Waals surface area contributed by atoms with Crippen molar-refractivity contribution in [2.24, 2.45) is 5.92 Å². The van der Waals surface area contributed by atoms with E-state index in [1.54, 1.807) is 0 Å². The zero-order valence-electron chi connectivity index (χ0n) is 8.59. The monoisotopic (exact) mass is 183 g/mol. The number of methoxy groups -OCH3 is 1. The van der Waals surface area contributed by atoms with Crippen molar-refractivity contribution in [3.05, 3.63) is 0 Å². The lowest BCUT2D eigenvalue weighted by molar-refractivity contribution is 0.0506. The summed E-state index contributed by atoms with van der Waals surface area (Å²) in [6, 6.07) is 0.864. The van der Waals surface area contributed by atoms with Gasteiger partial charge in [0, 0.05) is 13.2 Å². The molecular formula is C11H21NO. The third kappa shape index (κ3) is 2.96. The van der Waals surface area contributed by atoms with E-state index in [4.69, 9.17) is 4.74 Å². The predicted octanol–water partition coefficient (Wildman–Crippen LogP) is 1.94. The first kappa shape index (κ1) is 9.47. The number of hydrogen-bond acceptors (Lipinski definition) is 2. The van der Waals surface area contributed by atoms with E-state index in [-0.39, 0.29) is 0 Å². The van der Waals surface area contributed by atoms with Crippen LogP contribution in [0.4, 0.5) is 0 Å². The lowest BCUT2D eigenvalue weighted by atomic mass is 9.87. The van der Waals surface area contributed by atoms with Gasteiger partial charge in [0.2, 0.25) is 0 Å². The minimum Gasteiger partial charge on any atom is -0.381 e. The summed E-state index contributed by atoms with van der Waals surface area (Å²) in [6.07, 6.45) is 8.66. The minimum absolute atomic E-state index is 0.541. The molecule has 2 rings (SSSR count). The Morgan fingerprint density at radius 3 is 2.77 bits per heavy atom. The molecule has 0 spiro atoms. The van der Waals surface area contributed by atoms with Crippen LogP contribution in [0.25, 0.3) is 0 Å². The Labute approximate surface area is 81.0 Å². The summed E-state index contributed by atoms with van der Waals surface area (Å²) in [5.74, 6) is 0.874. The molecule has 2 aliphatic carbocycles. The van der Waals surface area contributed by atoms with Crippen molar-refractivity contribution in [1.29, 1.82) is 0 Å². The van der Waals surface area contributed by atoms with E-state index in [1.165, 1.54) is 45.1 Å². The van der Waals surface area contributed by atoms with Gasteiger partial charge in [0.25, 0.3) is 0 Å². The van der Waals surface area contributed by atoms with Crippen LogP contribution in [0.1, 0.15) is 38.5 Å². The van der Waals surface area contributed by atoms with Crippen molar-refractivity contribution in [1.82, 2.24) is 5.32 Å². The highest BCUT2D eigenvalue weighted by Crippen LogP contribution is 2.26. The van der Waals surface area contributed by atoms with E-state index in [1.807, 2.05) is 7.11 Å². The first-order chi connectivity index (χ1) is 6.38. The molecular weight excluding hydrogens is 162 g/mol. The van der Waals surface area contributed by atoms with E-state index in [0.717, 1.165) is 12.0 Å². The largest absolute Gasteiger partial charge is 0.381 e. The van der Waals surface area contributed by atoms with Crippen LogP contribution in [-0.2, 0) is 4.74 Å². The van der Waals surface area contributed by atoms with Crippen LogP contribution in [0.3, 0.4) is 0 Å². The summed E-state index contributed by atoms with van der Waals surface area (Å²) in [5, 5.41) is 3.62. The highest BCUT2D eigenvalue weighted by molar-refractivity contribution is 4.83. The van der Waals surface area contributed by atoms with E-state index in [2.05, 4.69) is 5.32 Å². The van der Waals surface area contributed by atoms with Gasteiger partial charge in [0.05, 0.1) is 6.10 Å². The zero-order chi connectivity index (χ0) is 9.10. The summed E-state index contributed by atoms with van der Waals surface area (Å²) in [4.78, 5) is 0. The molecule has 2 unspecified atom stereocenters. The zero-order valence-corrected chi connectivity index (χ0v) is 8.59. The number of ether oxygens (including phenoxy) is 1. The summed E-state index contributed by atoms with van der Waals surface area (Å²) in [5.41, 5.74) is 0. The molecule has 76 valence electrons. The SMILES string of the molecule is COC1CCCC(CNC2CC2)C1. The second kappa shape index (κ2) is 4.43. The lowest BCUT2D eigenvalue weighted by Gasteiger charge is -2.28. The smallest absolute Gasteiger partial charge is 0.0574 e. The second-order valence-electron chi connectivity index (χ2n) is 4.57. The van der Waals surface area contributed by atoms with Gasteiger partial charge in [-0.1, -0.05) is 6.42 Å². The molecule has 2 aliphatic rings. The Hall–Kier alpha value is -0.0800. The van der Waals surface area contributed by atoms with Crippen molar-refractivity contribution < 1.29 is 4.74 Å². The third-order valence-corrected chi connectivity index (χ3v) is 3.34. The quantitative estimate of drug-likeness (QED) is 0.719. The van der Waals surface area contributed by atoms with Gasteiger partial charge in [-0.05, 0) is 44.6 Å². The van der Waals surface area contributed by atoms with E-state index >= 15 is 0 Å². The molecule has 2 saturated carbocycles. The van der Waals surface area contributed by atoms with E-state index < -0.39 is 0 Å². The summed E-state index contributed by atoms with van der Waals surface area (Å²) >= 11 is 0. The maximum Gasteiger partial charge on any atom is 0.0574 e. The fraction of sp³-hybridized carbons (Fsp3) is 1.00. The Morgan fingerprint density at radius 2 is 2.08 bits per heavy atom. The summed E-state index contributed by atoms with van der Waals surface area (Å²) in [6.45, 7) is 1.23. The van der Waals surface area contributed by atoms with Crippen LogP contribution in [0.2, 0.25) is 0 Å². The molecule has 0 aromatic carbocycles. The Balaban J connectivity index is 1.65. The minimum atomic E-state index is 0.541. The van der Waals surface area contributed by atoms with Crippen LogP contribution in [0.15, 0.2) is 0 Å². The molecule has 13 heavy (non-hydrogen) atoms. The average Bonchev–Trinajstić information content (AvgIpc) is 2.99. The molecule has 0 saturated heterocycles. The summed E-state index contributed by atoms with van der Waals surface area (Å²) in [7, 11) is 1.85. The van der Waals surface area contributed by atoms with E-state index in [9.17, 15) is 0 Å². The molecule has 2 heteroatoms. The number of nitrogens with one attached hydrogen (secondary N) is 1. The van der Waals surface area contributed by atoms with Gasteiger partial charge in [0.1, 0.15) is 0 Å². The van der Waals surface area contributed by atoms with Crippen LogP contribution in [0.5, 0.6) is 0 Å². The third-order valence-electron chi connectivity index (χ3n) is 3.34. The average molecular weight is 183 g/mol. The van der Waals surface area contributed by atoms with Gasteiger partial charge in [-0.25, -0.2) is 0 Å². The van der Waals surface area contributed by atoms with Crippen LogP contribution >= 0.6 is 0 Å². The van der Waals surface area contributed by atoms with Gasteiger partial charge in [-0.3, -0.25) is 0 Å². The molecule has 2 atom stereocenters. The van der Waals surface area contributed by atoms with Crippen molar-refractivity contribution in [3.8, 4) is 0 Å². The molecule has 1 N–H and O–H groups in total. The fourth-order valence-corrected chi connectivity index (χ4v) is 2.26. The first-order valence-corrected chi connectivity index (χ1v) is 5.64. The Morgan fingerprint density at radius 1 is 1.23 bits per heavy atom. The molecule has 0 bridgehead atoms. The number of rotatable bonds is 4. The summed E-state index contributed by atoms with van der Waals surface area (Å²) < 4.78 is 5.42. The Bertz CT molecular complexity index is 156. The Kier molecular flexibility index (Phi) is 3.23. The lowest BCUT2D eigenvalue weighted by Crippen LogP contribution is -2.30. The topological polar surface area (TPSA) is 21.3 Å². The van der Waals surface area contributed by atoms with Crippen molar-refractivity contribution >= 4 is 0 Å². The maximum atomic E-state index is 5.42. The van der Waals surface area contributed by atoms with Gasteiger partial charge >= 0.3 is 0 Å². The van der Waals surface area contributed by atoms with Gasteiger partial charge in [-0.15, -0.1) is 0 Å². The maximum absolute atomic E-state index is 5.42. The van der Waals surface area contributed by atoms with Crippen molar-refractivity contribution in [2.45, 2.75) is 50.7 Å². The van der Waals surface area contributed by atoms with Crippen molar-refractivity contribution in [3.63, 3.8) is 0 Å². The van der Waals surface area contributed by atoms with Crippen LogP contribution in [-0.4, -0.2) is 25.8 Å². The first-order valence-electron chi connectivity index (χ1n) is 5.64. The molecule has 2 fully saturated rings. The standard InChI is InChI=1S/C11H21NO/c1-13-11-4-2-3-9(7-11)8-12-10-5-6-10/h9-12H,2-8H2,1H3. The molecule has 0 aliphatic heterocycles. The van der Waals surface area contributed by atoms with Gasteiger partial charge in [0.15, 0.2) is 0 Å². The highest BCUT2D eigenvalue weighted by Gasteiger charge is 2.25. The second-order valence-corrected chi connectivity index (χ2v) is 4.57. The fourth-order valence-electron chi connectivity index (χ4n) is 2.26. The van der Waals surface area contributed by atoms with Gasteiger partial charge in [-0.2, -0.15) is 0 Å². The van der Waals surface area contributed by atoms with Gasteiger partial charge < -0.3 is 10.1 Å². The molecule has 0 heterocycles. The normalized spacial score (nSPS) is 34.8. The van der Waals surface area contributed by atoms with E-state index in [0.29, 0.717) is 6.10 Å². The van der Waals surface area contributed by atoms with Crippen LogP contribution < -0.4 is 5.32 Å². The number of hydrogen-bond donors (Lipinski definition) is 1. The molecule has 0 amide bonds. The molecule has 2 nitrogen and oxygen atoms in total.